The second-order valence-corrected chi connectivity index (χ2v) is 5.58. The first kappa shape index (κ1) is 12.9. The fraction of sp³-hybridized carbons (Fsp3) is 0.278. The smallest absolute Gasteiger partial charge is 0.170 e. The lowest BCUT2D eigenvalue weighted by Crippen LogP contribution is -2.19. The lowest BCUT2D eigenvalue weighted by atomic mass is 9.78. The molecular weight excluding hydrogens is 246 g/mol. The van der Waals surface area contributed by atoms with Crippen molar-refractivity contribution in [3.8, 4) is 0 Å². The molecule has 2 aromatic carbocycles. The molecule has 0 heterocycles. The minimum absolute atomic E-state index is 0.00211. The Labute approximate surface area is 119 Å². The molecule has 1 atom stereocenters. The largest absolute Gasteiger partial charge is 0.399 e. The fourth-order valence-corrected chi connectivity index (χ4v) is 3.18. The molecule has 0 saturated carbocycles. The van der Waals surface area contributed by atoms with E-state index in [9.17, 15) is 4.79 Å². The molecule has 1 aliphatic rings. The molecule has 3 rings (SSSR count). The minimum Gasteiger partial charge on any atom is -0.399 e. The van der Waals surface area contributed by atoms with Crippen molar-refractivity contribution in [3.63, 3.8) is 0 Å². The van der Waals surface area contributed by atoms with Crippen molar-refractivity contribution >= 4 is 11.5 Å². The molecule has 2 N–H and O–H groups in total. The number of benzene rings is 2. The number of Topliss-reactive ketones (excluding diaryl/α,β-unsaturated/α-hetero) is 1. The number of hydrogen-bond donors (Lipinski definition) is 1. The number of carbonyl (C=O) groups excluding carboxylic acids is 1. The zero-order valence-corrected chi connectivity index (χ0v) is 11.7. The van der Waals surface area contributed by atoms with E-state index in [4.69, 9.17) is 5.73 Å². The molecule has 1 aliphatic carbocycles. The maximum atomic E-state index is 12.9. The third-order valence-corrected chi connectivity index (χ3v) is 4.20. The van der Waals surface area contributed by atoms with Crippen molar-refractivity contribution < 1.29 is 4.79 Å². The van der Waals surface area contributed by atoms with Gasteiger partial charge in [-0.1, -0.05) is 24.3 Å². The van der Waals surface area contributed by atoms with Gasteiger partial charge in [-0.05, 0) is 61.1 Å². The van der Waals surface area contributed by atoms with Gasteiger partial charge in [0.15, 0.2) is 5.78 Å². The van der Waals surface area contributed by atoms with Gasteiger partial charge in [0.05, 0.1) is 0 Å². The summed E-state index contributed by atoms with van der Waals surface area (Å²) in [6.07, 6.45) is 3.11. The first-order valence-electron chi connectivity index (χ1n) is 7.15. The molecule has 1 unspecified atom stereocenters. The Bertz CT molecular complexity index is 660. The van der Waals surface area contributed by atoms with Crippen molar-refractivity contribution in [1.29, 1.82) is 0 Å². The summed E-state index contributed by atoms with van der Waals surface area (Å²) in [6.45, 7) is 1.96. The van der Waals surface area contributed by atoms with Crippen LogP contribution in [0, 0.1) is 6.92 Å². The van der Waals surface area contributed by atoms with Crippen LogP contribution in [0.25, 0.3) is 0 Å². The quantitative estimate of drug-likeness (QED) is 0.661. The van der Waals surface area contributed by atoms with Crippen LogP contribution in [0.4, 0.5) is 5.69 Å². The Hall–Kier alpha value is -2.09. The molecule has 2 aromatic rings. The Morgan fingerprint density at radius 2 is 2.00 bits per heavy atom. The second kappa shape index (κ2) is 5.12. The standard InChI is InChI=1S/C18H19NO/c1-12-11-14(19)9-10-15(12)18(20)17-8-4-6-13-5-2-3-7-16(13)17/h2-3,5,7,9-11,17H,4,6,8,19H2,1H3. The number of anilines is 1. The van der Waals surface area contributed by atoms with E-state index < -0.39 is 0 Å². The summed E-state index contributed by atoms with van der Waals surface area (Å²) >= 11 is 0. The molecule has 0 bridgehead atoms. The van der Waals surface area contributed by atoms with Gasteiger partial charge in [0.25, 0.3) is 0 Å². The van der Waals surface area contributed by atoms with E-state index >= 15 is 0 Å². The number of fused-ring (bicyclic) bond motifs is 1. The van der Waals surface area contributed by atoms with Gasteiger partial charge in [0.1, 0.15) is 0 Å². The molecule has 0 amide bonds. The van der Waals surface area contributed by atoms with Crippen molar-refractivity contribution in [1.82, 2.24) is 0 Å². The van der Waals surface area contributed by atoms with Gasteiger partial charge in [-0.15, -0.1) is 0 Å². The van der Waals surface area contributed by atoms with Gasteiger partial charge in [0, 0.05) is 17.2 Å². The van der Waals surface area contributed by atoms with E-state index in [1.165, 1.54) is 11.1 Å². The van der Waals surface area contributed by atoms with Crippen LogP contribution in [0.15, 0.2) is 42.5 Å². The van der Waals surface area contributed by atoms with Gasteiger partial charge >= 0.3 is 0 Å². The molecule has 102 valence electrons. The molecule has 0 fully saturated rings. The van der Waals surface area contributed by atoms with Crippen LogP contribution >= 0.6 is 0 Å². The van der Waals surface area contributed by atoms with Gasteiger partial charge in [-0.3, -0.25) is 4.79 Å². The average molecular weight is 265 g/mol. The third-order valence-electron chi connectivity index (χ3n) is 4.20. The molecule has 0 spiro atoms. The maximum Gasteiger partial charge on any atom is 0.170 e. The van der Waals surface area contributed by atoms with E-state index in [1.807, 2.05) is 31.2 Å². The first-order chi connectivity index (χ1) is 9.66. The number of aryl methyl sites for hydroxylation is 2. The van der Waals surface area contributed by atoms with Crippen molar-refractivity contribution in [3.05, 3.63) is 64.7 Å². The number of rotatable bonds is 2. The molecule has 2 nitrogen and oxygen atoms in total. The molecule has 2 heteroatoms. The van der Waals surface area contributed by atoms with E-state index in [0.29, 0.717) is 5.69 Å². The molecule has 0 aromatic heterocycles. The third kappa shape index (κ3) is 2.22. The highest BCUT2D eigenvalue weighted by atomic mass is 16.1. The second-order valence-electron chi connectivity index (χ2n) is 5.58. The summed E-state index contributed by atoms with van der Waals surface area (Å²) in [5, 5.41) is 0. The zero-order valence-electron chi connectivity index (χ0n) is 11.7. The van der Waals surface area contributed by atoms with Crippen molar-refractivity contribution in [2.45, 2.75) is 32.1 Å². The highest BCUT2D eigenvalue weighted by Crippen LogP contribution is 2.34. The van der Waals surface area contributed by atoms with Gasteiger partial charge < -0.3 is 5.73 Å². The topological polar surface area (TPSA) is 43.1 Å². The van der Waals surface area contributed by atoms with Crippen LogP contribution in [0.3, 0.4) is 0 Å². The normalized spacial score (nSPS) is 17.6. The molecular formula is C18H19NO. The van der Waals surface area contributed by atoms with Gasteiger partial charge in [-0.2, -0.15) is 0 Å². The number of nitrogen functional groups attached to an aromatic ring is 1. The SMILES string of the molecule is Cc1cc(N)ccc1C(=O)C1CCCc2ccccc21. The van der Waals surface area contributed by atoms with Crippen LogP contribution in [0.1, 0.15) is 45.8 Å². The summed E-state index contributed by atoms with van der Waals surface area (Å²) in [5.74, 6) is 0.233. The fourth-order valence-electron chi connectivity index (χ4n) is 3.18. The molecule has 20 heavy (non-hydrogen) atoms. The Balaban J connectivity index is 2.00. The van der Waals surface area contributed by atoms with Crippen LogP contribution in [0.2, 0.25) is 0 Å². The summed E-state index contributed by atoms with van der Waals surface area (Å²) in [4.78, 5) is 12.9. The lowest BCUT2D eigenvalue weighted by molar-refractivity contribution is 0.0950. The number of hydrogen-bond acceptors (Lipinski definition) is 2. The number of carbonyl (C=O) groups is 1. The summed E-state index contributed by atoms with van der Waals surface area (Å²) in [7, 11) is 0. The number of nitrogens with two attached hydrogens (primary N) is 1. The van der Waals surface area contributed by atoms with E-state index in [1.54, 1.807) is 0 Å². The number of ketones is 1. The summed E-state index contributed by atoms with van der Waals surface area (Å²) < 4.78 is 0. The van der Waals surface area contributed by atoms with E-state index in [-0.39, 0.29) is 11.7 Å². The van der Waals surface area contributed by atoms with E-state index in [0.717, 1.165) is 30.4 Å². The highest BCUT2D eigenvalue weighted by molar-refractivity contribution is 6.02. The minimum atomic E-state index is 0.00211. The molecule has 0 saturated heterocycles. The Morgan fingerprint density at radius 1 is 1.20 bits per heavy atom. The predicted octanol–water partition coefficient (Wildman–Crippen LogP) is 3.88. The first-order valence-corrected chi connectivity index (χ1v) is 7.15. The monoisotopic (exact) mass is 265 g/mol. The van der Waals surface area contributed by atoms with Crippen molar-refractivity contribution in [2.24, 2.45) is 0 Å². The average Bonchev–Trinajstić information content (AvgIpc) is 2.46. The predicted molar refractivity (Wildman–Crippen MR) is 82.0 cm³/mol. The van der Waals surface area contributed by atoms with Crippen LogP contribution in [-0.4, -0.2) is 5.78 Å². The van der Waals surface area contributed by atoms with Gasteiger partial charge in [-0.25, -0.2) is 0 Å². The zero-order chi connectivity index (χ0) is 14.1. The molecule has 0 radical (unpaired) electrons. The summed E-state index contributed by atoms with van der Waals surface area (Å²) in [5.41, 5.74) is 10.8. The molecule has 0 aliphatic heterocycles. The van der Waals surface area contributed by atoms with Crippen LogP contribution < -0.4 is 5.73 Å². The van der Waals surface area contributed by atoms with Crippen molar-refractivity contribution in [2.75, 3.05) is 5.73 Å². The van der Waals surface area contributed by atoms with Gasteiger partial charge in [0.2, 0.25) is 0 Å². The lowest BCUT2D eigenvalue weighted by Gasteiger charge is -2.25. The maximum absolute atomic E-state index is 12.9. The Kier molecular flexibility index (Phi) is 3.31. The summed E-state index contributed by atoms with van der Waals surface area (Å²) in [6, 6.07) is 13.9. The van der Waals surface area contributed by atoms with E-state index in [2.05, 4.69) is 18.2 Å². The Morgan fingerprint density at radius 3 is 2.80 bits per heavy atom. The van der Waals surface area contributed by atoms with Crippen LogP contribution in [0.5, 0.6) is 0 Å². The van der Waals surface area contributed by atoms with Crippen LogP contribution in [-0.2, 0) is 6.42 Å². The highest BCUT2D eigenvalue weighted by Gasteiger charge is 2.27.